The smallest absolute Gasteiger partial charge is 0.261 e. The van der Waals surface area contributed by atoms with Crippen LogP contribution in [0.2, 0.25) is 0 Å². The number of hydrogen-bond donors (Lipinski definition) is 0. The molecule has 0 N–H and O–H groups in total. The van der Waals surface area contributed by atoms with E-state index < -0.39 is 9.84 Å². The first-order chi connectivity index (χ1) is 13.4. The third-order valence-electron chi connectivity index (χ3n) is 4.25. The maximum atomic E-state index is 12.6. The van der Waals surface area contributed by atoms with E-state index in [1.165, 1.54) is 28.9 Å². The fourth-order valence-electron chi connectivity index (χ4n) is 2.86. The standard InChI is InChI=1S/C17H16N6O4S/c1-27-15-12-9-19-23(14(12)20-17(21-15)28(2,25)26)8-7-22-10-18-13-6-4-3-5-11(13)16(22)24/h3-6,9-10H,7-8H2,1-2H3. The second-order valence-corrected chi connectivity index (χ2v) is 8.06. The van der Waals surface area contributed by atoms with Crippen molar-refractivity contribution in [1.29, 1.82) is 0 Å². The number of rotatable bonds is 5. The Labute approximate surface area is 159 Å². The highest BCUT2D eigenvalue weighted by Crippen LogP contribution is 2.23. The lowest BCUT2D eigenvalue weighted by atomic mass is 10.2. The Morgan fingerprint density at radius 2 is 1.89 bits per heavy atom. The predicted octanol–water partition coefficient (Wildman–Crippen LogP) is 0.648. The molecule has 3 heterocycles. The summed E-state index contributed by atoms with van der Waals surface area (Å²) in [6.07, 6.45) is 4.00. The highest BCUT2D eigenvalue weighted by atomic mass is 32.2. The SMILES string of the molecule is COc1nc(S(C)(=O)=O)nc2c1cnn2CCn1cnc2ccccc2c1=O. The van der Waals surface area contributed by atoms with Crippen molar-refractivity contribution in [3.05, 3.63) is 47.1 Å². The topological polar surface area (TPSA) is 122 Å². The van der Waals surface area contributed by atoms with Gasteiger partial charge in [-0.05, 0) is 12.1 Å². The van der Waals surface area contributed by atoms with Crippen molar-refractivity contribution in [2.24, 2.45) is 0 Å². The summed E-state index contributed by atoms with van der Waals surface area (Å²) in [7, 11) is -2.23. The minimum Gasteiger partial charge on any atom is -0.480 e. The van der Waals surface area contributed by atoms with E-state index in [1.54, 1.807) is 18.2 Å². The first-order valence-corrected chi connectivity index (χ1v) is 10.2. The first-order valence-electron chi connectivity index (χ1n) is 8.30. The van der Waals surface area contributed by atoms with Crippen LogP contribution in [-0.4, -0.2) is 51.1 Å². The van der Waals surface area contributed by atoms with Gasteiger partial charge in [0.2, 0.25) is 15.7 Å². The second-order valence-electron chi connectivity index (χ2n) is 6.15. The molecule has 0 aliphatic heterocycles. The fraction of sp³-hybridized carbons (Fsp3) is 0.235. The Bertz CT molecular complexity index is 1360. The Kier molecular flexibility index (Phi) is 4.30. The Hall–Kier alpha value is -3.34. The summed E-state index contributed by atoms with van der Waals surface area (Å²) in [5.41, 5.74) is 0.781. The Morgan fingerprint density at radius 3 is 2.64 bits per heavy atom. The zero-order valence-electron chi connectivity index (χ0n) is 15.1. The zero-order chi connectivity index (χ0) is 19.9. The minimum atomic E-state index is -3.63. The quantitative estimate of drug-likeness (QED) is 0.448. The number of methoxy groups -OCH3 is 1. The van der Waals surface area contributed by atoms with Crippen molar-refractivity contribution in [2.45, 2.75) is 18.2 Å². The maximum Gasteiger partial charge on any atom is 0.261 e. The Balaban J connectivity index is 1.73. The highest BCUT2D eigenvalue weighted by Gasteiger charge is 2.19. The van der Waals surface area contributed by atoms with E-state index in [0.717, 1.165) is 6.26 Å². The van der Waals surface area contributed by atoms with Gasteiger partial charge in [0, 0.05) is 12.8 Å². The van der Waals surface area contributed by atoms with Gasteiger partial charge < -0.3 is 4.74 Å². The molecule has 10 nitrogen and oxygen atoms in total. The van der Waals surface area contributed by atoms with Crippen molar-refractivity contribution in [1.82, 2.24) is 29.3 Å². The van der Waals surface area contributed by atoms with Crippen LogP contribution in [0.3, 0.4) is 0 Å². The third kappa shape index (κ3) is 3.09. The number of hydrogen-bond acceptors (Lipinski definition) is 8. The van der Waals surface area contributed by atoms with E-state index in [-0.39, 0.29) is 29.7 Å². The summed E-state index contributed by atoms with van der Waals surface area (Å²) in [4.78, 5) is 24.9. The van der Waals surface area contributed by atoms with Crippen molar-refractivity contribution in [3.63, 3.8) is 0 Å². The molecule has 0 radical (unpaired) electrons. The molecule has 0 fully saturated rings. The van der Waals surface area contributed by atoms with Gasteiger partial charge >= 0.3 is 0 Å². The van der Waals surface area contributed by atoms with E-state index in [0.29, 0.717) is 21.9 Å². The van der Waals surface area contributed by atoms with E-state index in [1.807, 2.05) is 6.07 Å². The normalized spacial score (nSPS) is 11.9. The van der Waals surface area contributed by atoms with E-state index in [2.05, 4.69) is 20.1 Å². The number of fused-ring (bicyclic) bond motifs is 2. The number of aromatic nitrogens is 6. The molecule has 28 heavy (non-hydrogen) atoms. The van der Waals surface area contributed by atoms with E-state index in [4.69, 9.17) is 4.74 Å². The molecule has 11 heteroatoms. The molecule has 0 aliphatic carbocycles. The molecule has 0 bridgehead atoms. The van der Waals surface area contributed by atoms with Crippen molar-refractivity contribution in [3.8, 4) is 5.88 Å². The lowest BCUT2D eigenvalue weighted by Crippen LogP contribution is -2.23. The van der Waals surface area contributed by atoms with Crippen LogP contribution in [0.1, 0.15) is 0 Å². The van der Waals surface area contributed by atoms with Gasteiger partial charge in [0.25, 0.3) is 10.7 Å². The third-order valence-corrected chi connectivity index (χ3v) is 5.10. The number of nitrogens with zero attached hydrogens (tertiary/aromatic N) is 6. The van der Waals surface area contributed by atoms with Crippen molar-refractivity contribution < 1.29 is 13.2 Å². The van der Waals surface area contributed by atoms with Crippen LogP contribution in [0.5, 0.6) is 5.88 Å². The van der Waals surface area contributed by atoms with Crippen LogP contribution in [0, 0.1) is 0 Å². The molecular weight excluding hydrogens is 384 g/mol. The maximum absolute atomic E-state index is 12.6. The van der Waals surface area contributed by atoms with Gasteiger partial charge in [0.05, 0.1) is 37.1 Å². The highest BCUT2D eigenvalue weighted by molar-refractivity contribution is 7.90. The molecule has 0 saturated heterocycles. The summed E-state index contributed by atoms with van der Waals surface area (Å²) in [6, 6.07) is 7.10. The molecule has 0 amide bonds. The van der Waals surface area contributed by atoms with Crippen molar-refractivity contribution >= 4 is 31.8 Å². The molecular formula is C17H16N6O4S. The summed E-state index contributed by atoms with van der Waals surface area (Å²) < 4.78 is 31.9. The zero-order valence-corrected chi connectivity index (χ0v) is 15.9. The monoisotopic (exact) mass is 400 g/mol. The van der Waals surface area contributed by atoms with Crippen LogP contribution in [0.4, 0.5) is 0 Å². The average Bonchev–Trinajstić information content (AvgIpc) is 3.09. The largest absolute Gasteiger partial charge is 0.480 e. The minimum absolute atomic E-state index is 0.126. The van der Waals surface area contributed by atoms with Gasteiger partial charge in [-0.2, -0.15) is 15.1 Å². The number of benzene rings is 1. The van der Waals surface area contributed by atoms with Gasteiger partial charge in [0.15, 0.2) is 5.65 Å². The van der Waals surface area contributed by atoms with Gasteiger partial charge in [-0.3, -0.25) is 9.36 Å². The lowest BCUT2D eigenvalue weighted by molar-refractivity contribution is 0.397. The summed E-state index contributed by atoms with van der Waals surface area (Å²) in [5.74, 6) is 0.126. The van der Waals surface area contributed by atoms with Crippen molar-refractivity contribution in [2.75, 3.05) is 13.4 Å². The van der Waals surface area contributed by atoms with Crippen LogP contribution in [0.15, 0.2) is 46.7 Å². The van der Waals surface area contributed by atoms with Gasteiger partial charge in [-0.1, -0.05) is 12.1 Å². The number of ether oxygens (including phenoxy) is 1. The molecule has 3 aromatic heterocycles. The van der Waals surface area contributed by atoms with Crippen LogP contribution in [-0.2, 0) is 22.9 Å². The Morgan fingerprint density at radius 1 is 1.11 bits per heavy atom. The fourth-order valence-corrected chi connectivity index (χ4v) is 3.36. The number of para-hydroxylation sites is 1. The van der Waals surface area contributed by atoms with Gasteiger partial charge in [-0.15, -0.1) is 0 Å². The summed E-state index contributed by atoms with van der Waals surface area (Å²) in [5, 5.41) is 4.91. The lowest BCUT2D eigenvalue weighted by Gasteiger charge is -2.08. The van der Waals surface area contributed by atoms with Gasteiger partial charge in [0.1, 0.15) is 5.39 Å². The van der Waals surface area contributed by atoms with Crippen LogP contribution >= 0.6 is 0 Å². The predicted molar refractivity (Wildman–Crippen MR) is 101 cm³/mol. The van der Waals surface area contributed by atoms with Crippen LogP contribution in [0.25, 0.3) is 21.9 Å². The molecule has 0 aliphatic rings. The van der Waals surface area contributed by atoms with Gasteiger partial charge in [-0.25, -0.2) is 18.1 Å². The van der Waals surface area contributed by atoms with E-state index >= 15 is 0 Å². The van der Waals surface area contributed by atoms with Crippen LogP contribution < -0.4 is 10.3 Å². The first kappa shape index (κ1) is 18.0. The molecule has 1 aromatic carbocycles. The van der Waals surface area contributed by atoms with E-state index in [9.17, 15) is 13.2 Å². The average molecular weight is 400 g/mol. The molecule has 0 unspecified atom stereocenters. The molecule has 0 atom stereocenters. The molecule has 144 valence electrons. The second kappa shape index (κ2) is 6.68. The molecule has 0 saturated carbocycles. The molecule has 4 aromatic rings. The summed E-state index contributed by atoms with van der Waals surface area (Å²) in [6.45, 7) is 0.570. The number of aryl methyl sites for hydroxylation is 2. The number of sulfone groups is 1. The summed E-state index contributed by atoms with van der Waals surface area (Å²) >= 11 is 0. The molecule has 4 rings (SSSR count). The molecule has 0 spiro atoms.